The highest BCUT2D eigenvalue weighted by Crippen LogP contribution is 2.40. The largest absolute Gasteiger partial charge is 0.409 e. The Morgan fingerprint density at radius 2 is 1.68 bits per heavy atom. The van der Waals surface area contributed by atoms with E-state index >= 15 is 0 Å². The van der Waals surface area contributed by atoms with Crippen molar-refractivity contribution in [1.29, 1.82) is 0 Å². The minimum Gasteiger partial charge on any atom is -0.354 e. The van der Waals surface area contributed by atoms with E-state index in [0.29, 0.717) is 0 Å². The van der Waals surface area contributed by atoms with E-state index in [2.05, 4.69) is 5.32 Å². The first-order valence-corrected chi connectivity index (χ1v) is 5.22. The summed E-state index contributed by atoms with van der Waals surface area (Å²) in [6.07, 6.45) is -11.4. The van der Waals surface area contributed by atoms with Gasteiger partial charge in [0.1, 0.15) is 0 Å². The summed E-state index contributed by atoms with van der Waals surface area (Å²) in [4.78, 5) is 22.7. The summed E-state index contributed by atoms with van der Waals surface area (Å²) >= 11 is 0. The van der Waals surface area contributed by atoms with Crippen LogP contribution in [0.25, 0.3) is 0 Å². The zero-order valence-electron chi connectivity index (χ0n) is 9.44. The quantitative estimate of drug-likeness (QED) is 0.735. The summed E-state index contributed by atoms with van der Waals surface area (Å²) in [5.74, 6) is -7.02. The highest BCUT2D eigenvalue weighted by Gasteiger charge is 2.62. The van der Waals surface area contributed by atoms with Crippen molar-refractivity contribution >= 4 is 11.8 Å². The number of hydrogen-bond donors (Lipinski definition) is 1. The van der Waals surface area contributed by atoms with Crippen molar-refractivity contribution in [2.75, 3.05) is 19.6 Å². The lowest BCUT2D eigenvalue weighted by atomic mass is 10.1. The molecular formula is C9H10F6N2O2. The molecule has 1 fully saturated rings. The van der Waals surface area contributed by atoms with Crippen LogP contribution in [-0.2, 0) is 9.59 Å². The highest BCUT2D eigenvalue weighted by molar-refractivity contribution is 5.87. The number of alkyl halides is 6. The van der Waals surface area contributed by atoms with Crippen LogP contribution in [0.15, 0.2) is 0 Å². The molecule has 1 heterocycles. The van der Waals surface area contributed by atoms with Crippen molar-refractivity contribution in [2.24, 2.45) is 5.92 Å². The molecule has 0 aromatic carbocycles. The van der Waals surface area contributed by atoms with Crippen molar-refractivity contribution in [3.8, 4) is 0 Å². The molecule has 0 saturated carbocycles. The Morgan fingerprint density at radius 3 is 2.16 bits per heavy atom. The average Bonchev–Trinajstić information content (AvgIpc) is 2.38. The third kappa shape index (κ3) is 4.00. The maximum Gasteiger partial charge on any atom is 0.409 e. The lowest BCUT2D eigenvalue weighted by molar-refractivity contribution is -0.277. The van der Waals surface area contributed by atoms with Crippen LogP contribution < -0.4 is 5.32 Å². The van der Waals surface area contributed by atoms with Gasteiger partial charge < -0.3 is 10.2 Å². The molecule has 4 nitrogen and oxygen atoms in total. The zero-order chi connectivity index (χ0) is 14.8. The molecule has 0 radical (unpaired) electrons. The van der Waals surface area contributed by atoms with Gasteiger partial charge in [-0.3, -0.25) is 9.59 Å². The molecule has 0 spiro atoms. The fourth-order valence-corrected chi connectivity index (χ4v) is 1.64. The maximum absolute atomic E-state index is 12.4. The minimum atomic E-state index is -5.74. The molecule has 1 N–H and O–H groups in total. The van der Waals surface area contributed by atoms with Gasteiger partial charge in [0.25, 0.3) is 0 Å². The van der Waals surface area contributed by atoms with E-state index < -0.39 is 36.6 Å². The van der Waals surface area contributed by atoms with E-state index in [9.17, 15) is 35.9 Å². The highest BCUT2D eigenvalue weighted by atomic mass is 19.4. The van der Waals surface area contributed by atoms with Gasteiger partial charge in [-0.2, -0.15) is 26.3 Å². The molecule has 0 bridgehead atoms. The van der Waals surface area contributed by atoms with Gasteiger partial charge in [-0.1, -0.05) is 0 Å². The van der Waals surface area contributed by atoms with E-state index in [4.69, 9.17) is 0 Å². The minimum absolute atomic E-state index is 0.0971. The van der Waals surface area contributed by atoms with Gasteiger partial charge in [0, 0.05) is 13.1 Å². The maximum atomic E-state index is 12.4. The molecule has 1 aliphatic heterocycles. The Hall–Kier alpha value is -1.48. The second-order valence-electron chi connectivity index (χ2n) is 3.98. The first kappa shape index (κ1) is 15.6. The van der Waals surface area contributed by atoms with Crippen LogP contribution in [0, 0.1) is 5.92 Å². The van der Waals surface area contributed by atoms with Gasteiger partial charge in [-0.25, -0.2) is 0 Å². The van der Waals surface area contributed by atoms with Crippen LogP contribution in [0.5, 0.6) is 0 Å². The summed E-state index contributed by atoms with van der Waals surface area (Å²) in [6, 6.07) is 0. The number of nitrogens with one attached hydrogen (secondary N) is 1. The number of carbonyl (C=O) groups excluding carboxylic acids is 2. The van der Waals surface area contributed by atoms with Crippen LogP contribution in [0.4, 0.5) is 26.3 Å². The number of nitrogens with zero attached hydrogens (tertiary/aromatic N) is 1. The second kappa shape index (κ2) is 5.25. The van der Waals surface area contributed by atoms with Crippen LogP contribution in [0.3, 0.4) is 0 Å². The molecule has 0 atom stereocenters. The summed E-state index contributed by atoms with van der Waals surface area (Å²) in [7, 11) is 0. The number of hydrogen-bond acceptors (Lipinski definition) is 2. The molecule has 1 rings (SSSR count). The standard InChI is InChI=1S/C9H10F6N2O2/c10-8(11,12)6(9(13,14)15)7(19)17-3-1-2-16-5(18)4-17/h6H,1-4H2,(H,16,18). The zero-order valence-corrected chi connectivity index (χ0v) is 9.44. The van der Waals surface area contributed by atoms with Crippen molar-refractivity contribution in [2.45, 2.75) is 18.8 Å². The topological polar surface area (TPSA) is 49.4 Å². The first-order valence-electron chi connectivity index (χ1n) is 5.22. The molecule has 1 saturated heterocycles. The van der Waals surface area contributed by atoms with Crippen molar-refractivity contribution in [1.82, 2.24) is 10.2 Å². The Kier molecular flexibility index (Phi) is 4.31. The molecular weight excluding hydrogens is 282 g/mol. The van der Waals surface area contributed by atoms with E-state index in [0.717, 1.165) is 0 Å². The summed E-state index contributed by atoms with van der Waals surface area (Å²) in [6.45, 7) is -1.03. The molecule has 10 heteroatoms. The van der Waals surface area contributed by atoms with Gasteiger partial charge in [0.05, 0.1) is 6.54 Å². The molecule has 0 aromatic rings. The van der Waals surface area contributed by atoms with Crippen molar-refractivity contribution in [3.63, 3.8) is 0 Å². The number of amides is 2. The van der Waals surface area contributed by atoms with Gasteiger partial charge in [0.2, 0.25) is 17.7 Å². The van der Waals surface area contributed by atoms with Crippen molar-refractivity contribution in [3.05, 3.63) is 0 Å². The summed E-state index contributed by atoms with van der Waals surface area (Å²) in [5, 5.41) is 2.25. The Balaban J connectivity index is 2.96. The first-order chi connectivity index (χ1) is 8.53. The predicted molar refractivity (Wildman–Crippen MR) is 49.8 cm³/mol. The third-order valence-corrected chi connectivity index (χ3v) is 2.47. The van der Waals surface area contributed by atoms with E-state index in [1.807, 2.05) is 0 Å². The summed E-state index contributed by atoms with van der Waals surface area (Å²) < 4.78 is 74.1. The lowest BCUT2D eigenvalue weighted by Gasteiger charge is -2.27. The van der Waals surface area contributed by atoms with E-state index in [1.165, 1.54) is 0 Å². The van der Waals surface area contributed by atoms with Gasteiger partial charge in [-0.15, -0.1) is 0 Å². The normalized spacial score (nSPS) is 18.3. The average molecular weight is 292 g/mol. The van der Waals surface area contributed by atoms with Gasteiger partial charge >= 0.3 is 12.4 Å². The van der Waals surface area contributed by atoms with Gasteiger partial charge in [0.15, 0.2) is 0 Å². The Morgan fingerprint density at radius 1 is 1.16 bits per heavy atom. The van der Waals surface area contributed by atoms with E-state index in [-0.39, 0.29) is 24.4 Å². The molecule has 2 amide bonds. The molecule has 110 valence electrons. The summed E-state index contributed by atoms with van der Waals surface area (Å²) in [5.41, 5.74) is 0. The smallest absolute Gasteiger partial charge is 0.354 e. The Labute approximate surface area is 103 Å². The lowest BCUT2D eigenvalue weighted by Crippen LogP contribution is -2.51. The number of carbonyl (C=O) groups is 2. The van der Waals surface area contributed by atoms with Crippen LogP contribution >= 0.6 is 0 Å². The van der Waals surface area contributed by atoms with Crippen molar-refractivity contribution < 1.29 is 35.9 Å². The molecule has 0 aliphatic carbocycles. The fraction of sp³-hybridized carbons (Fsp3) is 0.778. The molecule has 19 heavy (non-hydrogen) atoms. The van der Waals surface area contributed by atoms with Gasteiger partial charge in [-0.05, 0) is 6.42 Å². The predicted octanol–water partition coefficient (Wildman–Crippen LogP) is 1.08. The molecule has 0 aromatic heterocycles. The van der Waals surface area contributed by atoms with Crippen LogP contribution in [-0.4, -0.2) is 48.7 Å². The van der Waals surface area contributed by atoms with Crippen LogP contribution in [0.1, 0.15) is 6.42 Å². The molecule has 0 unspecified atom stereocenters. The fourth-order valence-electron chi connectivity index (χ4n) is 1.64. The number of rotatable bonds is 1. The SMILES string of the molecule is O=C1CN(C(=O)C(C(F)(F)F)C(F)(F)F)CCCN1. The molecule has 1 aliphatic rings. The van der Waals surface area contributed by atoms with Crippen LogP contribution in [0.2, 0.25) is 0 Å². The van der Waals surface area contributed by atoms with E-state index in [1.54, 1.807) is 0 Å². The monoisotopic (exact) mass is 292 g/mol. The Bertz CT molecular complexity index is 351. The third-order valence-electron chi connectivity index (χ3n) is 2.47. The number of halogens is 6. The second-order valence-corrected chi connectivity index (χ2v) is 3.98.